The molecule has 0 aliphatic carbocycles. The molecule has 0 radical (unpaired) electrons. The summed E-state index contributed by atoms with van der Waals surface area (Å²) >= 11 is 0. The van der Waals surface area contributed by atoms with Gasteiger partial charge in [0.15, 0.2) is 0 Å². The standard InChI is InChI=1S/C11H11FN4O2/c12-7-2-1-3-8(17)10(7)11(18)13-5-4-9-14-6-15-16-9/h1-3,6,17H,4-5H2,(H,13,18)(H,14,15,16). The predicted octanol–water partition coefficient (Wildman–Crippen LogP) is 0.622. The highest BCUT2D eigenvalue weighted by Crippen LogP contribution is 2.19. The summed E-state index contributed by atoms with van der Waals surface area (Å²) in [5.74, 6) is -1.18. The number of aromatic nitrogens is 3. The van der Waals surface area contributed by atoms with Crippen LogP contribution in [0.25, 0.3) is 0 Å². The Bertz CT molecular complexity index is 522. The van der Waals surface area contributed by atoms with Crippen molar-refractivity contribution in [2.24, 2.45) is 0 Å². The Hall–Kier alpha value is -2.44. The fourth-order valence-corrected chi connectivity index (χ4v) is 1.47. The molecule has 0 aliphatic rings. The summed E-state index contributed by atoms with van der Waals surface area (Å²) in [6.07, 6.45) is 1.81. The van der Waals surface area contributed by atoms with Crippen LogP contribution in [0.15, 0.2) is 24.5 Å². The third-order valence-electron chi connectivity index (χ3n) is 2.33. The van der Waals surface area contributed by atoms with E-state index >= 15 is 0 Å². The molecule has 1 aromatic carbocycles. The maximum Gasteiger partial charge on any atom is 0.258 e. The van der Waals surface area contributed by atoms with Gasteiger partial charge in [-0.1, -0.05) is 6.07 Å². The second kappa shape index (κ2) is 5.26. The Labute approximate surface area is 102 Å². The lowest BCUT2D eigenvalue weighted by molar-refractivity contribution is 0.0947. The maximum absolute atomic E-state index is 13.4. The summed E-state index contributed by atoms with van der Waals surface area (Å²) in [7, 11) is 0. The van der Waals surface area contributed by atoms with Crippen LogP contribution in [0.1, 0.15) is 16.2 Å². The number of aromatic hydroxyl groups is 1. The molecule has 1 heterocycles. The van der Waals surface area contributed by atoms with E-state index in [-0.39, 0.29) is 17.9 Å². The topological polar surface area (TPSA) is 90.9 Å². The Morgan fingerprint density at radius 2 is 2.33 bits per heavy atom. The number of carbonyl (C=O) groups excluding carboxylic acids is 1. The van der Waals surface area contributed by atoms with E-state index in [0.29, 0.717) is 12.2 Å². The van der Waals surface area contributed by atoms with Gasteiger partial charge >= 0.3 is 0 Å². The van der Waals surface area contributed by atoms with Crippen molar-refractivity contribution in [3.05, 3.63) is 41.7 Å². The lowest BCUT2D eigenvalue weighted by Gasteiger charge is -2.06. The van der Waals surface area contributed by atoms with E-state index in [0.717, 1.165) is 6.07 Å². The number of hydrogen-bond donors (Lipinski definition) is 3. The van der Waals surface area contributed by atoms with Crippen LogP contribution in [0.5, 0.6) is 5.75 Å². The van der Waals surface area contributed by atoms with Crippen LogP contribution < -0.4 is 5.32 Å². The van der Waals surface area contributed by atoms with Crippen molar-refractivity contribution in [2.75, 3.05) is 6.54 Å². The minimum atomic E-state index is -0.757. The third kappa shape index (κ3) is 2.62. The number of halogens is 1. The zero-order valence-corrected chi connectivity index (χ0v) is 9.35. The number of H-pyrrole nitrogens is 1. The van der Waals surface area contributed by atoms with Crippen molar-refractivity contribution in [3.8, 4) is 5.75 Å². The monoisotopic (exact) mass is 250 g/mol. The lowest BCUT2D eigenvalue weighted by Crippen LogP contribution is -2.26. The molecule has 0 spiro atoms. The summed E-state index contributed by atoms with van der Waals surface area (Å²) in [5, 5.41) is 18.2. The number of phenols is 1. The number of aromatic amines is 1. The smallest absolute Gasteiger partial charge is 0.258 e. The van der Waals surface area contributed by atoms with Gasteiger partial charge in [-0.05, 0) is 12.1 Å². The van der Waals surface area contributed by atoms with Gasteiger partial charge in [-0.2, -0.15) is 5.10 Å². The fourth-order valence-electron chi connectivity index (χ4n) is 1.47. The lowest BCUT2D eigenvalue weighted by atomic mass is 10.1. The minimum Gasteiger partial charge on any atom is -0.507 e. The average Bonchev–Trinajstić information content (AvgIpc) is 2.82. The molecule has 18 heavy (non-hydrogen) atoms. The van der Waals surface area contributed by atoms with Gasteiger partial charge in [-0.15, -0.1) is 0 Å². The average molecular weight is 250 g/mol. The van der Waals surface area contributed by atoms with Gasteiger partial charge in [0.25, 0.3) is 5.91 Å². The molecule has 6 nitrogen and oxygen atoms in total. The van der Waals surface area contributed by atoms with Crippen molar-refractivity contribution >= 4 is 5.91 Å². The van der Waals surface area contributed by atoms with Crippen LogP contribution >= 0.6 is 0 Å². The van der Waals surface area contributed by atoms with Gasteiger partial charge < -0.3 is 10.4 Å². The number of hydrogen-bond acceptors (Lipinski definition) is 4. The predicted molar refractivity (Wildman–Crippen MR) is 60.5 cm³/mol. The van der Waals surface area contributed by atoms with E-state index in [1.54, 1.807) is 0 Å². The summed E-state index contributed by atoms with van der Waals surface area (Å²) in [6.45, 7) is 0.266. The molecule has 0 fully saturated rings. The number of rotatable bonds is 4. The first-order valence-electron chi connectivity index (χ1n) is 5.28. The van der Waals surface area contributed by atoms with E-state index in [1.807, 2.05) is 0 Å². The van der Waals surface area contributed by atoms with Crippen molar-refractivity contribution in [1.29, 1.82) is 0 Å². The number of phenolic OH excluding ortho intramolecular Hbond substituents is 1. The Kier molecular flexibility index (Phi) is 3.52. The van der Waals surface area contributed by atoms with Crippen molar-refractivity contribution in [3.63, 3.8) is 0 Å². The number of nitrogens with one attached hydrogen (secondary N) is 2. The molecule has 2 aromatic rings. The molecule has 0 aliphatic heterocycles. The molecule has 2 rings (SSSR count). The molecule has 7 heteroatoms. The van der Waals surface area contributed by atoms with E-state index in [2.05, 4.69) is 20.5 Å². The second-order valence-electron chi connectivity index (χ2n) is 3.57. The van der Waals surface area contributed by atoms with E-state index < -0.39 is 11.7 Å². The van der Waals surface area contributed by atoms with E-state index in [4.69, 9.17) is 0 Å². The first kappa shape index (κ1) is 12.0. The summed E-state index contributed by atoms with van der Waals surface area (Å²) in [5.41, 5.74) is -0.352. The molecule has 94 valence electrons. The Balaban J connectivity index is 1.96. The molecule has 0 saturated heterocycles. The Morgan fingerprint density at radius 3 is 3.00 bits per heavy atom. The van der Waals surface area contributed by atoms with Crippen LogP contribution in [0.3, 0.4) is 0 Å². The molecular formula is C11H11FN4O2. The van der Waals surface area contributed by atoms with Crippen LogP contribution in [0.4, 0.5) is 4.39 Å². The minimum absolute atomic E-state index is 0.266. The van der Waals surface area contributed by atoms with Crippen LogP contribution in [0, 0.1) is 5.82 Å². The van der Waals surface area contributed by atoms with E-state index in [1.165, 1.54) is 18.5 Å². The van der Waals surface area contributed by atoms with Crippen LogP contribution in [0.2, 0.25) is 0 Å². The molecule has 3 N–H and O–H groups in total. The highest BCUT2D eigenvalue weighted by molar-refractivity contribution is 5.97. The molecule has 0 saturated carbocycles. The second-order valence-corrected chi connectivity index (χ2v) is 3.57. The van der Waals surface area contributed by atoms with Crippen LogP contribution in [-0.2, 0) is 6.42 Å². The van der Waals surface area contributed by atoms with Gasteiger partial charge in [0.05, 0.1) is 0 Å². The van der Waals surface area contributed by atoms with Gasteiger partial charge in [0.2, 0.25) is 0 Å². The number of amides is 1. The van der Waals surface area contributed by atoms with Gasteiger partial charge in [-0.3, -0.25) is 9.89 Å². The summed E-state index contributed by atoms with van der Waals surface area (Å²) in [6, 6.07) is 3.70. The highest BCUT2D eigenvalue weighted by atomic mass is 19.1. The number of benzene rings is 1. The van der Waals surface area contributed by atoms with Crippen molar-refractivity contribution in [1.82, 2.24) is 20.5 Å². The summed E-state index contributed by atoms with van der Waals surface area (Å²) < 4.78 is 13.4. The number of nitrogens with zero attached hydrogens (tertiary/aromatic N) is 2. The Morgan fingerprint density at radius 1 is 1.50 bits per heavy atom. The van der Waals surface area contributed by atoms with Crippen LogP contribution in [-0.4, -0.2) is 32.7 Å². The number of carbonyl (C=O) groups is 1. The van der Waals surface area contributed by atoms with E-state index in [9.17, 15) is 14.3 Å². The molecule has 0 unspecified atom stereocenters. The third-order valence-corrected chi connectivity index (χ3v) is 2.33. The summed E-state index contributed by atoms with van der Waals surface area (Å²) in [4.78, 5) is 15.5. The highest BCUT2D eigenvalue weighted by Gasteiger charge is 2.15. The van der Waals surface area contributed by atoms with Crippen molar-refractivity contribution < 1.29 is 14.3 Å². The normalized spacial score (nSPS) is 10.3. The zero-order chi connectivity index (χ0) is 13.0. The van der Waals surface area contributed by atoms with Gasteiger partial charge in [0, 0.05) is 13.0 Å². The molecular weight excluding hydrogens is 239 g/mol. The SMILES string of the molecule is O=C(NCCc1ncn[nH]1)c1c(O)cccc1F. The zero-order valence-electron chi connectivity index (χ0n) is 9.35. The van der Waals surface area contributed by atoms with Crippen molar-refractivity contribution in [2.45, 2.75) is 6.42 Å². The first-order chi connectivity index (χ1) is 8.68. The fraction of sp³-hybridized carbons (Fsp3) is 0.182. The molecule has 1 aromatic heterocycles. The van der Waals surface area contributed by atoms with Gasteiger partial charge in [-0.25, -0.2) is 9.37 Å². The molecule has 0 bridgehead atoms. The maximum atomic E-state index is 13.4. The quantitative estimate of drug-likeness (QED) is 0.742. The largest absolute Gasteiger partial charge is 0.507 e. The molecule has 1 amide bonds. The van der Waals surface area contributed by atoms with Gasteiger partial charge in [0.1, 0.15) is 29.3 Å². The molecule has 0 atom stereocenters. The first-order valence-corrected chi connectivity index (χ1v) is 5.28.